The summed E-state index contributed by atoms with van der Waals surface area (Å²) in [4.78, 5) is 50.0. The third kappa shape index (κ3) is 12.2. The summed E-state index contributed by atoms with van der Waals surface area (Å²) in [6, 6.07) is 16.7. The molecule has 2 rings (SSSR count). The molecule has 3 atom stereocenters. The second kappa shape index (κ2) is 17.1. The maximum absolute atomic E-state index is 12.9. The average molecular weight is 537 g/mol. The van der Waals surface area contributed by atoms with E-state index in [1.807, 2.05) is 37.3 Å². The van der Waals surface area contributed by atoms with E-state index < -0.39 is 24.1 Å². The van der Waals surface area contributed by atoms with E-state index in [9.17, 15) is 19.2 Å². The van der Waals surface area contributed by atoms with Crippen LogP contribution in [0.3, 0.4) is 0 Å². The lowest BCUT2D eigenvalue weighted by molar-refractivity contribution is -0.159. The van der Waals surface area contributed by atoms with Gasteiger partial charge in [0.1, 0.15) is 18.0 Å². The van der Waals surface area contributed by atoms with Crippen molar-refractivity contribution in [1.29, 1.82) is 0 Å². The number of rotatable bonds is 18. The van der Waals surface area contributed by atoms with Crippen LogP contribution in [-0.2, 0) is 35.0 Å². The van der Waals surface area contributed by atoms with Crippen molar-refractivity contribution >= 4 is 29.6 Å². The van der Waals surface area contributed by atoms with Gasteiger partial charge in [0.05, 0.1) is 18.9 Å². The average Bonchev–Trinajstić information content (AvgIpc) is 2.93. The van der Waals surface area contributed by atoms with Crippen molar-refractivity contribution < 1.29 is 33.4 Å². The Balaban J connectivity index is 2.03. The maximum atomic E-state index is 12.9. The lowest BCUT2D eigenvalue weighted by Crippen LogP contribution is -2.28. The van der Waals surface area contributed by atoms with Crippen LogP contribution < -0.4 is 0 Å². The summed E-state index contributed by atoms with van der Waals surface area (Å²) in [7, 11) is 1.53. The molecule has 0 aliphatic carbocycles. The molecule has 0 fully saturated rings. The highest BCUT2D eigenvalue weighted by Gasteiger charge is 2.25. The van der Waals surface area contributed by atoms with E-state index in [4.69, 9.17) is 14.2 Å². The smallest absolute Gasteiger partial charge is 0.309 e. The summed E-state index contributed by atoms with van der Waals surface area (Å²) in [5, 5.41) is 0. The molecule has 210 valence electrons. The monoisotopic (exact) mass is 536 g/mol. The Labute approximate surface area is 231 Å². The Kier molecular flexibility index (Phi) is 13.9. The van der Waals surface area contributed by atoms with Gasteiger partial charge in [-0.3, -0.25) is 19.2 Å². The fourth-order valence-corrected chi connectivity index (χ4v) is 4.17. The van der Waals surface area contributed by atoms with Gasteiger partial charge in [-0.1, -0.05) is 74.2 Å². The minimum atomic E-state index is -0.837. The molecule has 0 aliphatic rings. The van der Waals surface area contributed by atoms with Crippen LogP contribution in [0.1, 0.15) is 80.3 Å². The molecule has 0 heterocycles. The van der Waals surface area contributed by atoms with Gasteiger partial charge < -0.3 is 14.2 Å². The van der Waals surface area contributed by atoms with Crippen molar-refractivity contribution in [3.05, 3.63) is 77.9 Å². The fraction of sp³-hybridized carbons (Fsp3) is 0.438. The second-order valence-electron chi connectivity index (χ2n) is 9.62. The van der Waals surface area contributed by atoms with E-state index in [1.54, 1.807) is 30.3 Å². The molecule has 0 amide bonds. The molecule has 0 aliphatic heterocycles. The Morgan fingerprint density at radius 1 is 0.821 bits per heavy atom. The summed E-state index contributed by atoms with van der Waals surface area (Å²) in [5.74, 6) is -1.27. The van der Waals surface area contributed by atoms with Gasteiger partial charge in [0.25, 0.3) is 0 Å². The van der Waals surface area contributed by atoms with Gasteiger partial charge >= 0.3 is 11.9 Å². The van der Waals surface area contributed by atoms with Gasteiger partial charge in [-0.05, 0) is 43.7 Å². The number of methoxy groups -OCH3 is 1. The molecular weight excluding hydrogens is 496 g/mol. The number of esters is 2. The molecular formula is C32H40O7. The van der Waals surface area contributed by atoms with Crippen LogP contribution in [0.4, 0.5) is 0 Å². The third-order valence-corrected chi connectivity index (χ3v) is 6.45. The SMILES string of the molecule is C=Cc1ccc(CCC(CC(C)=O)OC(=O)CC(CCC(=O)c2ccccc2)OC(=O)CC(CC)OC)cc1. The maximum Gasteiger partial charge on any atom is 0.309 e. The van der Waals surface area contributed by atoms with E-state index in [1.165, 1.54) is 14.0 Å². The van der Waals surface area contributed by atoms with Gasteiger partial charge in [0.2, 0.25) is 0 Å². The van der Waals surface area contributed by atoms with Gasteiger partial charge in [0, 0.05) is 25.5 Å². The number of hydrogen-bond acceptors (Lipinski definition) is 7. The van der Waals surface area contributed by atoms with Crippen molar-refractivity contribution in [3.63, 3.8) is 0 Å². The van der Waals surface area contributed by atoms with Crippen LogP contribution in [0.25, 0.3) is 6.08 Å². The standard InChI is InChI=1S/C32H40O7/c1-5-24-12-14-25(15-13-24)16-17-28(20-23(3)33)38-32(36)22-29(39-31(35)21-27(6-2)37-4)18-19-30(34)26-10-8-7-9-11-26/h5,7-15,27-29H,1,6,16-22H2,2-4H3. The molecule has 0 aromatic heterocycles. The zero-order chi connectivity index (χ0) is 28.6. The van der Waals surface area contributed by atoms with Crippen LogP contribution >= 0.6 is 0 Å². The number of ketones is 2. The van der Waals surface area contributed by atoms with Crippen LogP contribution in [0.2, 0.25) is 0 Å². The van der Waals surface area contributed by atoms with Gasteiger partial charge in [-0.25, -0.2) is 0 Å². The highest BCUT2D eigenvalue weighted by Crippen LogP contribution is 2.18. The molecule has 7 nitrogen and oxygen atoms in total. The van der Waals surface area contributed by atoms with Gasteiger partial charge in [-0.2, -0.15) is 0 Å². The molecule has 0 spiro atoms. The Morgan fingerprint density at radius 2 is 1.41 bits per heavy atom. The van der Waals surface area contributed by atoms with E-state index in [2.05, 4.69) is 6.58 Å². The molecule has 0 bridgehead atoms. The number of hydrogen-bond donors (Lipinski definition) is 0. The summed E-state index contributed by atoms with van der Waals surface area (Å²) in [6.07, 6.45) is 1.97. The Hall–Kier alpha value is -3.58. The minimum absolute atomic E-state index is 0.0444. The van der Waals surface area contributed by atoms with Crippen LogP contribution in [-0.4, -0.2) is 48.9 Å². The minimum Gasteiger partial charge on any atom is -0.462 e. The highest BCUT2D eigenvalue weighted by molar-refractivity contribution is 5.96. The van der Waals surface area contributed by atoms with Crippen LogP contribution in [0.15, 0.2) is 61.2 Å². The Bertz CT molecular complexity index is 1070. The van der Waals surface area contributed by atoms with Crippen molar-refractivity contribution in [2.75, 3.05) is 7.11 Å². The molecule has 0 N–H and O–H groups in total. The number of benzene rings is 2. The molecule has 0 radical (unpaired) electrons. The normalized spacial score (nSPS) is 13.1. The van der Waals surface area contributed by atoms with Crippen molar-refractivity contribution in [2.45, 2.75) is 83.5 Å². The molecule has 7 heteroatoms. The first kappa shape index (κ1) is 31.6. The van der Waals surface area contributed by atoms with Gasteiger partial charge in [0.15, 0.2) is 5.78 Å². The van der Waals surface area contributed by atoms with Gasteiger partial charge in [-0.15, -0.1) is 0 Å². The molecule has 0 saturated heterocycles. The summed E-state index contributed by atoms with van der Waals surface area (Å²) in [6.45, 7) is 7.11. The lowest BCUT2D eigenvalue weighted by Gasteiger charge is -2.21. The van der Waals surface area contributed by atoms with Crippen molar-refractivity contribution in [2.24, 2.45) is 0 Å². The van der Waals surface area contributed by atoms with Crippen LogP contribution in [0.5, 0.6) is 0 Å². The summed E-state index contributed by atoms with van der Waals surface area (Å²) < 4.78 is 16.6. The van der Waals surface area contributed by atoms with E-state index >= 15 is 0 Å². The number of Topliss-reactive ketones (excluding diaryl/α,β-unsaturated/α-hetero) is 2. The van der Waals surface area contributed by atoms with Crippen LogP contribution in [0, 0.1) is 0 Å². The Morgan fingerprint density at radius 3 is 1.95 bits per heavy atom. The second-order valence-corrected chi connectivity index (χ2v) is 9.62. The van der Waals surface area contributed by atoms with E-state index in [0.29, 0.717) is 24.8 Å². The van der Waals surface area contributed by atoms with Crippen molar-refractivity contribution in [1.82, 2.24) is 0 Å². The van der Waals surface area contributed by atoms with E-state index in [0.717, 1.165) is 11.1 Å². The molecule has 2 aromatic rings. The topological polar surface area (TPSA) is 96.0 Å². The third-order valence-electron chi connectivity index (χ3n) is 6.45. The number of carbonyl (C=O) groups is 4. The number of ether oxygens (including phenoxy) is 3. The predicted octanol–water partition coefficient (Wildman–Crippen LogP) is 5.93. The highest BCUT2D eigenvalue weighted by atomic mass is 16.6. The first-order chi connectivity index (χ1) is 18.7. The summed E-state index contributed by atoms with van der Waals surface area (Å²) >= 11 is 0. The predicted molar refractivity (Wildman–Crippen MR) is 150 cm³/mol. The molecule has 3 unspecified atom stereocenters. The van der Waals surface area contributed by atoms with Crippen molar-refractivity contribution in [3.8, 4) is 0 Å². The fourth-order valence-electron chi connectivity index (χ4n) is 4.17. The molecule has 0 saturated carbocycles. The number of aryl methyl sites for hydroxylation is 1. The molecule has 2 aromatic carbocycles. The summed E-state index contributed by atoms with van der Waals surface area (Å²) in [5.41, 5.74) is 2.62. The molecule has 39 heavy (non-hydrogen) atoms. The zero-order valence-electron chi connectivity index (χ0n) is 23.2. The van der Waals surface area contributed by atoms with E-state index in [-0.39, 0.29) is 49.8 Å². The quantitative estimate of drug-likeness (QED) is 0.172. The lowest BCUT2D eigenvalue weighted by atomic mass is 10.0. The largest absolute Gasteiger partial charge is 0.462 e. The first-order valence-corrected chi connectivity index (χ1v) is 13.4. The first-order valence-electron chi connectivity index (χ1n) is 13.4. The number of carbonyl (C=O) groups excluding carboxylic acids is 4. The zero-order valence-corrected chi connectivity index (χ0v) is 23.2.